The second kappa shape index (κ2) is 9.40. The summed E-state index contributed by atoms with van der Waals surface area (Å²) >= 11 is 0. The quantitative estimate of drug-likeness (QED) is 0.358. The van der Waals surface area contributed by atoms with E-state index < -0.39 is 58.8 Å². The average molecular weight is 521 g/mol. The molecule has 7 nitrogen and oxygen atoms in total. The largest absolute Gasteiger partial charge is 0.413 e. The predicted octanol–water partition coefficient (Wildman–Crippen LogP) is 5.17. The van der Waals surface area contributed by atoms with Crippen LogP contribution in [0.4, 0.5) is 13.6 Å². The summed E-state index contributed by atoms with van der Waals surface area (Å²) in [5.41, 5.74) is -1.41. The van der Waals surface area contributed by atoms with Gasteiger partial charge in [0.2, 0.25) is 0 Å². The summed E-state index contributed by atoms with van der Waals surface area (Å²) in [7, 11) is -4.78. The van der Waals surface area contributed by atoms with Crippen molar-refractivity contribution in [3.8, 4) is 0 Å². The molecule has 0 saturated carbocycles. The van der Waals surface area contributed by atoms with Crippen molar-refractivity contribution >= 4 is 22.7 Å². The molecule has 0 aromatic heterocycles. The number of halogens is 2. The van der Waals surface area contributed by atoms with E-state index in [4.69, 9.17) is 13.6 Å². The number of carbonyl (C=O) groups excluding carboxylic acids is 1. The fourth-order valence-electron chi connectivity index (χ4n) is 3.21. The molecule has 2 N–H and O–H groups in total. The molecule has 5 atom stereocenters. The molecule has 2 unspecified atom stereocenters. The van der Waals surface area contributed by atoms with Gasteiger partial charge >= 0.3 is 6.03 Å². The van der Waals surface area contributed by atoms with E-state index >= 15 is 4.39 Å². The summed E-state index contributed by atoms with van der Waals surface area (Å²) in [6.07, 6.45) is -3.99. The lowest BCUT2D eigenvalue weighted by Crippen LogP contribution is -2.56. The summed E-state index contributed by atoms with van der Waals surface area (Å²) in [6.45, 7) is 24.4. The lowest BCUT2D eigenvalue weighted by molar-refractivity contribution is -0.101. The number of nitrogens with zero attached hydrogens (tertiary/aromatic N) is 1. The molecule has 2 aliphatic rings. The van der Waals surface area contributed by atoms with Crippen LogP contribution in [0.3, 0.4) is 0 Å². The number of ether oxygens (including phenoxy) is 1. The Hall–Kier alpha value is -1.12. The maximum Gasteiger partial charge on any atom is 0.326 e. The zero-order valence-corrected chi connectivity index (χ0v) is 24.2. The smallest absolute Gasteiger partial charge is 0.326 e. The molecular formula is C23H42F2N2O5Si2. The molecule has 11 heteroatoms. The van der Waals surface area contributed by atoms with Crippen LogP contribution in [-0.2, 0) is 13.6 Å². The average Bonchev–Trinajstić information content (AvgIpc) is 2.94. The van der Waals surface area contributed by atoms with Gasteiger partial charge in [-0.1, -0.05) is 47.6 Å². The highest BCUT2D eigenvalue weighted by Crippen LogP contribution is 2.46. The van der Waals surface area contributed by atoms with Crippen LogP contribution < -0.4 is 5.32 Å². The second-order valence-electron chi connectivity index (χ2n) is 12.2. The number of nitrogens with one attached hydrogen (secondary N) is 1. The molecule has 2 amide bonds. The summed E-state index contributed by atoms with van der Waals surface area (Å²) < 4.78 is 49.4. The van der Waals surface area contributed by atoms with Crippen molar-refractivity contribution < 1.29 is 32.3 Å². The number of alkyl halides is 1. The summed E-state index contributed by atoms with van der Waals surface area (Å²) in [6, 6.07) is -0.877. The molecule has 1 fully saturated rings. The Bertz CT molecular complexity index is 825. The van der Waals surface area contributed by atoms with E-state index in [9.17, 15) is 14.3 Å². The Morgan fingerprint density at radius 1 is 1.21 bits per heavy atom. The number of aliphatic hydroxyl groups is 1. The third kappa shape index (κ3) is 5.49. The monoisotopic (exact) mass is 520 g/mol. The van der Waals surface area contributed by atoms with Gasteiger partial charge in [0.05, 0.1) is 6.61 Å². The molecule has 0 aromatic rings. The Morgan fingerprint density at radius 2 is 1.74 bits per heavy atom. The first-order valence-electron chi connectivity index (χ1n) is 11.6. The summed E-state index contributed by atoms with van der Waals surface area (Å²) in [5.74, 6) is -1.02. The lowest BCUT2D eigenvalue weighted by Gasteiger charge is -2.44. The summed E-state index contributed by atoms with van der Waals surface area (Å²) in [4.78, 5) is 13.3. The van der Waals surface area contributed by atoms with E-state index in [1.807, 2.05) is 33.9 Å². The Balaban J connectivity index is 2.51. The first-order chi connectivity index (χ1) is 15.2. The van der Waals surface area contributed by atoms with Crippen LogP contribution in [0.1, 0.15) is 41.5 Å². The molecule has 2 rings (SSSR count). The van der Waals surface area contributed by atoms with Gasteiger partial charge in [-0.25, -0.2) is 13.6 Å². The van der Waals surface area contributed by atoms with Crippen molar-refractivity contribution in [1.82, 2.24) is 10.2 Å². The van der Waals surface area contributed by atoms with Crippen LogP contribution in [0.2, 0.25) is 36.3 Å². The van der Waals surface area contributed by atoms with E-state index in [-0.39, 0.29) is 16.7 Å². The van der Waals surface area contributed by atoms with Crippen molar-refractivity contribution in [1.29, 1.82) is 0 Å². The topological polar surface area (TPSA) is 80.3 Å². The molecule has 0 spiro atoms. The van der Waals surface area contributed by atoms with Gasteiger partial charge < -0.3 is 24.0 Å². The van der Waals surface area contributed by atoms with Crippen LogP contribution in [0.15, 0.2) is 24.7 Å². The molecule has 1 saturated heterocycles. The maximum absolute atomic E-state index is 16.1. The van der Waals surface area contributed by atoms with E-state index in [2.05, 4.69) is 45.8 Å². The SMILES string of the molecule is C=C[C@]1(CO[Si](C)(C)C(C)(C)C)O[C@@H](N2C=C(F)C(O)NC2=O)[C@@H](F)C1O[Si](C)(C)C(C)(C)C. The molecule has 0 bridgehead atoms. The molecule has 2 heterocycles. The van der Waals surface area contributed by atoms with Crippen LogP contribution in [0.25, 0.3) is 0 Å². The first-order valence-corrected chi connectivity index (χ1v) is 17.4. The standard InChI is InChI=1S/C23H42F2N2O5Si2/c1-12-23(14-30-33(8,9)21(2,3)4)17(32-34(10,11)22(5,6)7)16(25)19(31-23)27-13-15(24)18(28)26-20(27)29/h12-13,16-19,28H,1,14H2,2-11H3,(H,26,29)/t16-,17?,18?,19+,23+/m0/s1. The Kier molecular flexibility index (Phi) is 8.05. The number of rotatable bonds is 7. The number of hydrogen-bond donors (Lipinski definition) is 2. The summed E-state index contributed by atoms with van der Waals surface area (Å²) in [5, 5.41) is 11.3. The number of urea groups is 1. The predicted molar refractivity (Wildman–Crippen MR) is 133 cm³/mol. The van der Waals surface area contributed by atoms with Crippen LogP contribution in [0, 0.1) is 0 Å². The van der Waals surface area contributed by atoms with Gasteiger partial charge in [0.1, 0.15) is 11.7 Å². The molecule has 2 aliphatic heterocycles. The van der Waals surface area contributed by atoms with Crippen molar-refractivity contribution in [3.63, 3.8) is 0 Å². The van der Waals surface area contributed by atoms with Crippen molar-refractivity contribution in [2.45, 2.75) is 108 Å². The van der Waals surface area contributed by atoms with Gasteiger partial charge in [-0.05, 0) is 36.3 Å². The second-order valence-corrected chi connectivity index (χ2v) is 21.8. The molecule has 0 radical (unpaired) electrons. The van der Waals surface area contributed by atoms with Crippen molar-refractivity contribution in [2.75, 3.05) is 6.61 Å². The number of amides is 2. The Morgan fingerprint density at radius 3 is 2.21 bits per heavy atom. The zero-order chi connectivity index (χ0) is 26.5. The molecule has 0 aliphatic carbocycles. The van der Waals surface area contributed by atoms with Gasteiger partial charge in [0.25, 0.3) is 0 Å². The van der Waals surface area contributed by atoms with Gasteiger partial charge in [-0.2, -0.15) is 0 Å². The fourth-order valence-corrected chi connectivity index (χ4v) is 5.54. The number of hydrogen-bond acceptors (Lipinski definition) is 5. The third-order valence-corrected chi connectivity index (χ3v) is 16.6. The van der Waals surface area contributed by atoms with Gasteiger partial charge in [-0.3, -0.25) is 4.90 Å². The molecule has 196 valence electrons. The van der Waals surface area contributed by atoms with Crippen LogP contribution in [0.5, 0.6) is 0 Å². The van der Waals surface area contributed by atoms with Gasteiger partial charge in [0, 0.05) is 6.20 Å². The Labute approximate surface area is 204 Å². The van der Waals surface area contributed by atoms with Gasteiger partial charge in [0.15, 0.2) is 41.1 Å². The molecule has 0 aromatic carbocycles. The van der Waals surface area contributed by atoms with E-state index in [0.29, 0.717) is 0 Å². The van der Waals surface area contributed by atoms with E-state index in [1.165, 1.54) is 6.08 Å². The minimum atomic E-state index is -2.51. The van der Waals surface area contributed by atoms with E-state index in [1.54, 1.807) is 0 Å². The maximum atomic E-state index is 16.1. The molecular weight excluding hydrogens is 478 g/mol. The van der Waals surface area contributed by atoms with Crippen molar-refractivity contribution in [2.24, 2.45) is 0 Å². The third-order valence-electron chi connectivity index (χ3n) is 7.71. The highest BCUT2D eigenvalue weighted by Gasteiger charge is 2.60. The minimum Gasteiger partial charge on any atom is -0.413 e. The molecule has 34 heavy (non-hydrogen) atoms. The fraction of sp³-hybridized carbons (Fsp3) is 0.783. The zero-order valence-electron chi connectivity index (χ0n) is 22.2. The number of carbonyl (C=O) groups is 1. The van der Waals surface area contributed by atoms with Gasteiger partial charge in [-0.15, -0.1) is 6.58 Å². The van der Waals surface area contributed by atoms with E-state index in [0.717, 1.165) is 11.1 Å². The van der Waals surface area contributed by atoms with Crippen LogP contribution in [-0.4, -0.2) is 69.6 Å². The minimum absolute atomic E-state index is 0.0204. The van der Waals surface area contributed by atoms with Crippen molar-refractivity contribution in [3.05, 3.63) is 24.7 Å². The highest BCUT2D eigenvalue weighted by atomic mass is 28.4. The highest BCUT2D eigenvalue weighted by molar-refractivity contribution is 6.74. The van der Waals surface area contributed by atoms with Crippen LogP contribution >= 0.6 is 0 Å². The number of aliphatic hydroxyl groups excluding tert-OH is 1. The lowest BCUT2D eigenvalue weighted by atomic mass is 9.97. The first kappa shape index (κ1) is 29.1. The normalized spacial score (nSPS) is 31.4.